The zero-order valence-electron chi connectivity index (χ0n) is 19.9. The van der Waals surface area contributed by atoms with E-state index < -0.39 is 0 Å². The highest BCUT2D eigenvalue weighted by atomic mass is 16.5. The van der Waals surface area contributed by atoms with E-state index in [1.807, 2.05) is 24.3 Å². The van der Waals surface area contributed by atoms with E-state index in [0.29, 0.717) is 29.2 Å². The second-order valence-corrected chi connectivity index (χ2v) is 9.14. The third kappa shape index (κ3) is 4.30. The van der Waals surface area contributed by atoms with Gasteiger partial charge in [0.25, 0.3) is 17.7 Å². The number of nitrogens with one attached hydrogen (secondary N) is 1. The number of para-hydroxylation sites is 1. The van der Waals surface area contributed by atoms with E-state index in [2.05, 4.69) is 29.1 Å². The number of benzene rings is 2. The standard InChI is InChI=1S/C28H27N3O5/c1-3-7-20-12-17(15-29-31-27(33)24-18-10-11-19(14-18)25(24)28(31)34)13-22(35-2)26(20)36-16-23(32)30-21-8-5-4-6-9-21/h3-6,8-13,15,18-19,24-25H,1,7,14,16H2,2H3,(H,30,32). The van der Waals surface area contributed by atoms with Gasteiger partial charge in [-0.15, -0.1) is 6.58 Å². The summed E-state index contributed by atoms with van der Waals surface area (Å²) in [5.74, 6) is -0.288. The molecule has 2 aliphatic carbocycles. The second kappa shape index (κ2) is 9.81. The minimum absolute atomic E-state index is 0.131. The topological polar surface area (TPSA) is 97.3 Å². The van der Waals surface area contributed by atoms with E-state index in [0.717, 1.165) is 17.0 Å². The first-order chi connectivity index (χ1) is 17.5. The van der Waals surface area contributed by atoms with Crippen LogP contribution in [0, 0.1) is 23.7 Å². The summed E-state index contributed by atoms with van der Waals surface area (Å²) in [5, 5.41) is 8.05. The van der Waals surface area contributed by atoms with Crippen LogP contribution in [0.15, 0.2) is 72.4 Å². The van der Waals surface area contributed by atoms with Gasteiger partial charge in [-0.3, -0.25) is 14.4 Å². The zero-order chi connectivity index (χ0) is 25.2. The maximum absolute atomic E-state index is 12.9. The molecule has 3 aliphatic rings. The summed E-state index contributed by atoms with van der Waals surface area (Å²) in [5.41, 5.74) is 2.04. The van der Waals surface area contributed by atoms with Crippen LogP contribution < -0.4 is 14.8 Å². The summed E-state index contributed by atoms with van der Waals surface area (Å²) in [7, 11) is 1.50. The summed E-state index contributed by atoms with van der Waals surface area (Å²) in [6.07, 6.45) is 8.62. The molecule has 3 amide bonds. The van der Waals surface area contributed by atoms with Crippen LogP contribution in [0.1, 0.15) is 17.5 Å². The van der Waals surface area contributed by atoms with Crippen LogP contribution in [0.5, 0.6) is 11.5 Å². The Morgan fingerprint density at radius 3 is 2.47 bits per heavy atom. The van der Waals surface area contributed by atoms with Crippen LogP contribution in [0.4, 0.5) is 5.69 Å². The molecule has 1 saturated carbocycles. The van der Waals surface area contributed by atoms with Crippen molar-refractivity contribution in [3.8, 4) is 11.5 Å². The Hall–Kier alpha value is -4.20. The van der Waals surface area contributed by atoms with Gasteiger partial charge in [0.1, 0.15) is 0 Å². The van der Waals surface area contributed by atoms with E-state index in [4.69, 9.17) is 9.47 Å². The summed E-state index contributed by atoms with van der Waals surface area (Å²) >= 11 is 0. The molecule has 8 heteroatoms. The highest BCUT2D eigenvalue weighted by Gasteiger charge is 2.59. The van der Waals surface area contributed by atoms with Gasteiger partial charge in [-0.25, -0.2) is 0 Å². The van der Waals surface area contributed by atoms with E-state index in [1.54, 1.807) is 24.3 Å². The molecule has 8 nitrogen and oxygen atoms in total. The van der Waals surface area contributed by atoms with E-state index in [1.165, 1.54) is 13.3 Å². The lowest BCUT2D eigenvalue weighted by Crippen LogP contribution is -2.28. The van der Waals surface area contributed by atoms with Crippen LogP contribution in [-0.4, -0.2) is 42.7 Å². The number of carbonyl (C=O) groups excluding carboxylic acids is 3. The number of anilines is 1. The normalized spacial score (nSPS) is 23.9. The Kier molecular flexibility index (Phi) is 6.41. The van der Waals surface area contributed by atoms with E-state index >= 15 is 0 Å². The van der Waals surface area contributed by atoms with Gasteiger partial charge in [0.15, 0.2) is 18.1 Å². The number of fused-ring (bicyclic) bond motifs is 5. The predicted molar refractivity (Wildman–Crippen MR) is 135 cm³/mol. The Bertz CT molecular complexity index is 1240. The molecule has 4 atom stereocenters. The molecule has 5 rings (SSSR count). The van der Waals surface area contributed by atoms with Crippen molar-refractivity contribution < 1.29 is 23.9 Å². The number of nitrogens with zero attached hydrogens (tertiary/aromatic N) is 2. The van der Waals surface area contributed by atoms with Gasteiger partial charge in [-0.1, -0.05) is 36.4 Å². The smallest absolute Gasteiger partial charge is 0.262 e. The lowest BCUT2D eigenvalue weighted by atomic mass is 9.85. The number of amides is 3. The third-order valence-corrected chi connectivity index (χ3v) is 6.91. The monoisotopic (exact) mass is 485 g/mol. The number of ether oxygens (including phenoxy) is 2. The van der Waals surface area contributed by atoms with Crippen molar-refractivity contribution >= 4 is 29.6 Å². The first-order valence-electron chi connectivity index (χ1n) is 11.9. The van der Waals surface area contributed by atoms with Crippen LogP contribution in [-0.2, 0) is 20.8 Å². The van der Waals surface area contributed by atoms with Gasteiger partial charge in [-0.05, 0) is 54.5 Å². The number of carbonyl (C=O) groups is 3. The molecule has 0 aromatic heterocycles. The van der Waals surface area contributed by atoms with Crippen molar-refractivity contribution in [2.75, 3.05) is 19.0 Å². The zero-order valence-corrected chi connectivity index (χ0v) is 19.9. The molecule has 1 N–H and O–H groups in total. The van der Waals surface area contributed by atoms with Crippen molar-refractivity contribution in [1.82, 2.24) is 5.01 Å². The molecule has 36 heavy (non-hydrogen) atoms. The number of allylic oxidation sites excluding steroid dienone is 3. The summed E-state index contributed by atoms with van der Waals surface area (Å²) in [6.45, 7) is 3.59. The van der Waals surface area contributed by atoms with Crippen molar-refractivity contribution in [2.24, 2.45) is 28.8 Å². The Morgan fingerprint density at radius 2 is 1.83 bits per heavy atom. The average molecular weight is 486 g/mol. The van der Waals surface area contributed by atoms with Crippen LogP contribution in [0.25, 0.3) is 0 Å². The fourth-order valence-corrected chi connectivity index (χ4v) is 5.36. The van der Waals surface area contributed by atoms with Crippen LogP contribution in [0.2, 0.25) is 0 Å². The number of hydrazone groups is 1. The molecule has 2 aromatic rings. The lowest BCUT2D eigenvalue weighted by Gasteiger charge is -2.16. The second-order valence-electron chi connectivity index (χ2n) is 9.14. The molecule has 0 radical (unpaired) electrons. The maximum atomic E-state index is 12.9. The number of methoxy groups -OCH3 is 1. The first-order valence-corrected chi connectivity index (χ1v) is 11.9. The van der Waals surface area contributed by atoms with Crippen LogP contribution >= 0.6 is 0 Å². The molecule has 1 heterocycles. The minimum atomic E-state index is -0.307. The van der Waals surface area contributed by atoms with Gasteiger partial charge < -0.3 is 14.8 Å². The van der Waals surface area contributed by atoms with Gasteiger partial charge >= 0.3 is 0 Å². The number of hydrogen-bond acceptors (Lipinski definition) is 6. The fraction of sp³-hybridized carbons (Fsp3) is 0.286. The minimum Gasteiger partial charge on any atom is -0.493 e. The van der Waals surface area contributed by atoms with Gasteiger partial charge in [0.05, 0.1) is 25.2 Å². The predicted octanol–water partition coefficient (Wildman–Crippen LogP) is 3.58. The largest absolute Gasteiger partial charge is 0.493 e. The summed E-state index contributed by atoms with van der Waals surface area (Å²) in [4.78, 5) is 38.2. The number of imide groups is 1. The molecular weight excluding hydrogens is 458 g/mol. The SMILES string of the molecule is C=CCc1cc(C=NN2C(=O)C3C4C=CC(C4)C3C2=O)cc(OC)c1OCC(=O)Nc1ccccc1. The highest BCUT2D eigenvalue weighted by Crippen LogP contribution is 2.52. The molecule has 1 saturated heterocycles. The quantitative estimate of drug-likeness (QED) is 0.333. The number of rotatable bonds is 9. The lowest BCUT2D eigenvalue weighted by molar-refractivity contribution is -0.140. The van der Waals surface area contributed by atoms with Crippen molar-refractivity contribution in [3.63, 3.8) is 0 Å². The molecule has 184 valence electrons. The van der Waals surface area contributed by atoms with Gasteiger partial charge in [-0.2, -0.15) is 10.1 Å². The Balaban J connectivity index is 1.32. The number of hydrogen-bond donors (Lipinski definition) is 1. The summed E-state index contributed by atoms with van der Waals surface area (Å²) in [6, 6.07) is 12.6. The van der Waals surface area contributed by atoms with Crippen molar-refractivity contribution in [1.29, 1.82) is 0 Å². The van der Waals surface area contributed by atoms with Gasteiger partial charge in [0.2, 0.25) is 0 Å². The molecule has 2 fully saturated rings. The van der Waals surface area contributed by atoms with E-state index in [9.17, 15) is 14.4 Å². The molecule has 1 aliphatic heterocycles. The Morgan fingerprint density at radius 1 is 1.14 bits per heavy atom. The Labute approximate surface area is 209 Å². The summed E-state index contributed by atoms with van der Waals surface area (Å²) < 4.78 is 11.4. The fourth-order valence-electron chi connectivity index (χ4n) is 5.36. The third-order valence-electron chi connectivity index (χ3n) is 6.91. The molecule has 4 unspecified atom stereocenters. The molecular formula is C28H27N3O5. The van der Waals surface area contributed by atoms with Crippen molar-refractivity contribution in [3.05, 3.63) is 78.4 Å². The average Bonchev–Trinajstić information content (AvgIpc) is 3.56. The first kappa shape index (κ1) is 23.5. The molecule has 2 bridgehead atoms. The van der Waals surface area contributed by atoms with Gasteiger partial charge in [0, 0.05) is 11.3 Å². The van der Waals surface area contributed by atoms with Crippen molar-refractivity contribution in [2.45, 2.75) is 12.8 Å². The van der Waals surface area contributed by atoms with Crippen LogP contribution in [0.3, 0.4) is 0 Å². The van der Waals surface area contributed by atoms with E-state index in [-0.39, 0.29) is 48.0 Å². The molecule has 2 aromatic carbocycles. The highest BCUT2D eigenvalue weighted by molar-refractivity contribution is 6.06. The molecule has 0 spiro atoms. The maximum Gasteiger partial charge on any atom is 0.262 e.